The minimum Gasteiger partial charge on any atom is -0.258 e. The summed E-state index contributed by atoms with van der Waals surface area (Å²) in [6, 6.07) is 9.51. The van der Waals surface area contributed by atoms with E-state index in [4.69, 9.17) is 0 Å². The number of rotatable bonds is 7. The quantitative estimate of drug-likeness (QED) is 0.620. The molecule has 0 saturated heterocycles. The Hall–Kier alpha value is -1.77. The first-order valence-electron chi connectivity index (χ1n) is 6.74. The predicted octanol–water partition coefficient (Wildman–Crippen LogP) is 2.74. The van der Waals surface area contributed by atoms with Crippen LogP contribution in [-0.4, -0.2) is 19.9 Å². The molecule has 1 aromatic heterocycles. The van der Waals surface area contributed by atoms with E-state index in [0.717, 1.165) is 16.9 Å². The normalized spacial score (nSPS) is 11.5. The zero-order valence-corrected chi connectivity index (χ0v) is 13.6. The monoisotopic (exact) mass is 340 g/mol. The van der Waals surface area contributed by atoms with Crippen LogP contribution in [0, 0.1) is 10.1 Å². The number of non-ortho nitro benzene ring substituents is 1. The summed E-state index contributed by atoms with van der Waals surface area (Å²) >= 11 is 1.27. The summed E-state index contributed by atoms with van der Waals surface area (Å²) in [4.78, 5) is 11.1. The Kier molecular flexibility index (Phi) is 5.28. The lowest BCUT2D eigenvalue weighted by Crippen LogP contribution is -2.25. The van der Waals surface area contributed by atoms with E-state index in [9.17, 15) is 18.5 Å². The van der Waals surface area contributed by atoms with E-state index in [1.807, 2.05) is 13.0 Å². The van der Waals surface area contributed by atoms with Crippen LogP contribution in [-0.2, 0) is 22.9 Å². The molecule has 2 aromatic rings. The molecule has 1 N–H and O–H groups in total. The summed E-state index contributed by atoms with van der Waals surface area (Å²) in [6.07, 6.45) is 1.28. The molecule has 0 atom stereocenters. The number of sulfonamides is 1. The van der Waals surface area contributed by atoms with Crippen LogP contribution in [0.3, 0.4) is 0 Å². The molecule has 1 aromatic carbocycles. The molecule has 1 heterocycles. The van der Waals surface area contributed by atoms with Crippen molar-refractivity contribution >= 4 is 27.0 Å². The fourth-order valence-electron chi connectivity index (χ4n) is 1.88. The number of hydrogen-bond donors (Lipinski definition) is 1. The molecule has 0 fully saturated rings. The van der Waals surface area contributed by atoms with E-state index < -0.39 is 14.9 Å². The van der Waals surface area contributed by atoms with Crippen molar-refractivity contribution < 1.29 is 13.3 Å². The van der Waals surface area contributed by atoms with Crippen molar-refractivity contribution in [1.82, 2.24) is 4.72 Å². The summed E-state index contributed by atoms with van der Waals surface area (Å²) in [6.45, 7) is 2.23. The van der Waals surface area contributed by atoms with Gasteiger partial charge in [0.1, 0.15) is 4.21 Å². The van der Waals surface area contributed by atoms with Gasteiger partial charge in [-0.05, 0) is 30.5 Å². The minimum atomic E-state index is -3.48. The van der Waals surface area contributed by atoms with E-state index in [2.05, 4.69) is 4.72 Å². The van der Waals surface area contributed by atoms with Gasteiger partial charge < -0.3 is 0 Å². The number of thiophene rings is 1. The molecule has 0 aliphatic heterocycles. The molecule has 0 bridgehead atoms. The van der Waals surface area contributed by atoms with E-state index in [-0.39, 0.29) is 12.2 Å². The zero-order chi connectivity index (χ0) is 16.2. The fourth-order valence-corrected chi connectivity index (χ4v) is 4.25. The number of nitrogens with one attached hydrogen (secondary N) is 1. The van der Waals surface area contributed by atoms with Gasteiger partial charge in [-0.15, -0.1) is 11.3 Å². The van der Waals surface area contributed by atoms with Crippen LogP contribution in [0.2, 0.25) is 0 Å². The first kappa shape index (κ1) is 16.6. The average molecular weight is 340 g/mol. The van der Waals surface area contributed by atoms with Crippen molar-refractivity contribution in [2.24, 2.45) is 0 Å². The first-order valence-corrected chi connectivity index (χ1v) is 9.04. The van der Waals surface area contributed by atoms with Crippen LogP contribution >= 0.6 is 11.3 Å². The van der Waals surface area contributed by atoms with Gasteiger partial charge in [-0.3, -0.25) is 10.1 Å². The highest BCUT2D eigenvalue weighted by atomic mass is 32.2. The first-order chi connectivity index (χ1) is 10.4. The number of nitro benzene ring substituents is 1. The highest BCUT2D eigenvalue weighted by molar-refractivity contribution is 7.91. The van der Waals surface area contributed by atoms with Crippen molar-refractivity contribution in [2.75, 3.05) is 6.54 Å². The van der Waals surface area contributed by atoms with Gasteiger partial charge in [-0.25, -0.2) is 13.1 Å². The van der Waals surface area contributed by atoms with Crippen molar-refractivity contribution in [3.8, 4) is 0 Å². The van der Waals surface area contributed by atoms with Gasteiger partial charge >= 0.3 is 0 Å². The van der Waals surface area contributed by atoms with Crippen LogP contribution in [0.4, 0.5) is 5.69 Å². The van der Waals surface area contributed by atoms with Gasteiger partial charge in [0, 0.05) is 23.6 Å². The molecular weight excluding hydrogens is 324 g/mol. The van der Waals surface area contributed by atoms with Crippen LogP contribution < -0.4 is 4.72 Å². The Morgan fingerprint density at radius 2 is 1.86 bits per heavy atom. The smallest absolute Gasteiger partial charge is 0.258 e. The fraction of sp³-hybridized carbons (Fsp3) is 0.286. The lowest BCUT2D eigenvalue weighted by Gasteiger charge is -2.05. The Morgan fingerprint density at radius 1 is 1.18 bits per heavy atom. The molecule has 0 radical (unpaired) electrons. The molecule has 6 nitrogen and oxygen atoms in total. The topological polar surface area (TPSA) is 89.3 Å². The number of nitrogens with zero attached hydrogens (tertiary/aromatic N) is 1. The number of benzene rings is 1. The van der Waals surface area contributed by atoms with Crippen LogP contribution in [0.25, 0.3) is 0 Å². The van der Waals surface area contributed by atoms with Gasteiger partial charge in [-0.2, -0.15) is 0 Å². The Bertz CT molecular complexity index is 751. The maximum atomic E-state index is 12.1. The molecule has 0 spiro atoms. The number of hydrogen-bond acceptors (Lipinski definition) is 5. The summed E-state index contributed by atoms with van der Waals surface area (Å²) in [5.41, 5.74) is 0.865. The Morgan fingerprint density at radius 3 is 2.41 bits per heavy atom. The third kappa shape index (κ3) is 4.12. The predicted molar refractivity (Wildman–Crippen MR) is 85.7 cm³/mol. The summed E-state index contributed by atoms with van der Waals surface area (Å²) < 4.78 is 27.1. The van der Waals surface area contributed by atoms with Crippen LogP contribution in [0.5, 0.6) is 0 Å². The second-order valence-corrected chi connectivity index (χ2v) is 7.81. The lowest BCUT2D eigenvalue weighted by molar-refractivity contribution is -0.384. The Balaban J connectivity index is 1.93. The van der Waals surface area contributed by atoms with Crippen molar-refractivity contribution in [3.05, 3.63) is 57.0 Å². The number of nitro groups is 1. The number of aryl methyl sites for hydroxylation is 1. The third-order valence-corrected chi connectivity index (χ3v) is 6.29. The van der Waals surface area contributed by atoms with Gasteiger partial charge in [-0.1, -0.05) is 19.1 Å². The molecule has 22 heavy (non-hydrogen) atoms. The van der Waals surface area contributed by atoms with Crippen molar-refractivity contribution in [3.63, 3.8) is 0 Å². The second kappa shape index (κ2) is 6.99. The maximum Gasteiger partial charge on any atom is 0.269 e. The zero-order valence-electron chi connectivity index (χ0n) is 12.0. The van der Waals surface area contributed by atoms with E-state index in [0.29, 0.717) is 10.6 Å². The minimum absolute atomic E-state index is 0.0232. The van der Waals surface area contributed by atoms with Gasteiger partial charge in [0.15, 0.2) is 0 Å². The van der Waals surface area contributed by atoms with Crippen molar-refractivity contribution in [1.29, 1.82) is 0 Å². The van der Waals surface area contributed by atoms with E-state index in [1.54, 1.807) is 18.2 Å². The summed E-state index contributed by atoms with van der Waals surface area (Å²) in [7, 11) is -3.48. The highest BCUT2D eigenvalue weighted by Gasteiger charge is 2.15. The molecule has 118 valence electrons. The lowest BCUT2D eigenvalue weighted by atomic mass is 10.1. The largest absolute Gasteiger partial charge is 0.269 e. The molecule has 2 rings (SSSR count). The molecule has 0 amide bonds. The van der Waals surface area contributed by atoms with E-state index in [1.165, 1.54) is 23.5 Å². The second-order valence-electron chi connectivity index (χ2n) is 4.65. The SMILES string of the molecule is CCc1ccc(S(=O)(=O)NCCc2ccc([N+](=O)[O-])cc2)s1. The van der Waals surface area contributed by atoms with Gasteiger partial charge in [0.2, 0.25) is 10.0 Å². The average Bonchev–Trinajstić information content (AvgIpc) is 2.97. The van der Waals surface area contributed by atoms with Crippen molar-refractivity contribution in [2.45, 2.75) is 24.0 Å². The van der Waals surface area contributed by atoms with E-state index >= 15 is 0 Å². The molecule has 0 saturated carbocycles. The van der Waals surface area contributed by atoms with Crippen LogP contribution in [0.15, 0.2) is 40.6 Å². The molecular formula is C14H16N2O4S2. The summed E-state index contributed by atoms with van der Waals surface area (Å²) in [5, 5.41) is 10.6. The maximum absolute atomic E-state index is 12.1. The van der Waals surface area contributed by atoms with Gasteiger partial charge in [0.25, 0.3) is 5.69 Å². The Labute approximate surface area is 133 Å². The van der Waals surface area contributed by atoms with Gasteiger partial charge in [0.05, 0.1) is 4.92 Å². The van der Waals surface area contributed by atoms with Crippen LogP contribution in [0.1, 0.15) is 17.4 Å². The standard InChI is InChI=1S/C14H16N2O4S2/c1-2-13-7-8-14(21-13)22(19,20)15-10-9-11-3-5-12(6-4-11)16(17)18/h3-8,15H,2,9-10H2,1H3. The highest BCUT2D eigenvalue weighted by Crippen LogP contribution is 2.21. The molecule has 0 aliphatic carbocycles. The molecule has 0 aliphatic rings. The summed E-state index contributed by atoms with van der Waals surface area (Å²) in [5.74, 6) is 0. The third-order valence-electron chi connectivity index (χ3n) is 3.10. The molecule has 8 heteroatoms. The molecule has 0 unspecified atom stereocenters.